The molecular formula is C29H56N9O9+. The summed E-state index contributed by atoms with van der Waals surface area (Å²) in [7, 11) is 3.78. The molecule has 47 heavy (non-hydrogen) atoms. The van der Waals surface area contributed by atoms with Crippen molar-refractivity contribution in [2.75, 3.05) is 112 Å². The predicted octanol–water partition coefficient (Wildman–Crippen LogP) is -5.15. The standard InChI is InChI=1S/C29H55N9O9/c1-4-37(19-22(39)18-36(2)3)12-9-33-25(42)16-27(44)35-11-14-38(20-23(40)21-38)13-10-34-26(43)15-24(41)31-7-5-30-6-8-32-28(45)17-29(46)47/h22-23,30,39-40H,4-21H2,1-3H3,(H5-,31,32,33,34,35,41,42,43,44,45,46,47)/p+1. The molecular weight excluding hydrogens is 618 g/mol. The van der Waals surface area contributed by atoms with Gasteiger partial charge in [0.2, 0.25) is 29.5 Å². The molecule has 0 bridgehead atoms. The molecule has 1 fully saturated rings. The number of carboxylic acids is 1. The quantitative estimate of drug-likeness (QED) is 0.0238. The maximum Gasteiger partial charge on any atom is 0.312 e. The van der Waals surface area contributed by atoms with Gasteiger partial charge in [0.15, 0.2) is 6.10 Å². The first-order chi connectivity index (χ1) is 22.2. The summed E-state index contributed by atoms with van der Waals surface area (Å²) in [5.41, 5.74) is 0. The van der Waals surface area contributed by atoms with Gasteiger partial charge in [-0.25, -0.2) is 0 Å². The summed E-state index contributed by atoms with van der Waals surface area (Å²) in [5.74, 6) is -3.48. The van der Waals surface area contributed by atoms with E-state index in [0.29, 0.717) is 76.5 Å². The van der Waals surface area contributed by atoms with Gasteiger partial charge in [-0.2, -0.15) is 0 Å². The maximum absolute atomic E-state index is 12.3. The summed E-state index contributed by atoms with van der Waals surface area (Å²) in [4.78, 5) is 74.4. The minimum Gasteiger partial charge on any atom is -0.481 e. The van der Waals surface area contributed by atoms with Gasteiger partial charge in [0.05, 0.1) is 32.3 Å². The van der Waals surface area contributed by atoms with Crippen molar-refractivity contribution in [3.63, 3.8) is 0 Å². The highest BCUT2D eigenvalue weighted by molar-refractivity contribution is 5.97. The number of likely N-dealkylation sites (tertiary alicyclic amines) is 1. The first-order valence-corrected chi connectivity index (χ1v) is 16.1. The third-order valence-electron chi connectivity index (χ3n) is 7.46. The van der Waals surface area contributed by atoms with E-state index in [2.05, 4.69) is 31.9 Å². The van der Waals surface area contributed by atoms with Gasteiger partial charge >= 0.3 is 5.97 Å². The van der Waals surface area contributed by atoms with E-state index in [1.54, 1.807) is 0 Å². The molecule has 0 aromatic carbocycles. The van der Waals surface area contributed by atoms with Gasteiger partial charge in [-0.05, 0) is 20.6 Å². The second kappa shape index (κ2) is 23.0. The zero-order valence-electron chi connectivity index (χ0n) is 28.0. The van der Waals surface area contributed by atoms with E-state index in [0.717, 1.165) is 6.54 Å². The van der Waals surface area contributed by atoms with Gasteiger partial charge in [0.1, 0.15) is 32.4 Å². The molecule has 18 nitrogen and oxygen atoms in total. The number of aliphatic hydroxyl groups excluding tert-OH is 2. The molecule has 1 aliphatic heterocycles. The zero-order chi connectivity index (χ0) is 35.2. The lowest BCUT2D eigenvalue weighted by atomic mass is 10.1. The molecule has 9 N–H and O–H groups in total. The largest absolute Gasteiger partial charge is 0.481 e. The molecule has 1 atom stereocenters. The van der Waals surface area contributed by atoms with Crippen LogP contribution in [0.3, 0.4) is 0 Å². The summed E-state index contributed by atoms with van der Waals surface area (Å²) in [6.07, 6.45) is -2.21. The molecule has 5 amide bonds. The van der Waals surface area contributed by atoms with Crippen LogP contribution in [0.5, 0.6) is 0 Å². The van der Waals surface area contributed by atoms with Gasteiger partial charge in [0.25, 0.3) is 0 Å². The Labute approximate surface area is 276 Å². The summed E-state index contributed by atoms with van der Waals surface area (Å²) >= 11 is 0. The maximum atomic E-state index is 12.3. The van der Waals surface area contributed by atoms with Crippen molar-refractivity contribution in [1.82, 2.24) is 41.7 Å². The monoisotopic (exact) mass is 674 g/mol. The van der Waals surface area contributed by atoms with Crippen molar-refractivity contribution in [1.29, 1.82) is 0 Å². The van der Waals surface area contributed by atoms with Crippen molar-refractivity contribution in [3.8, 4) is 0 Å². The first kappa shape index (κ1) is 41.6. The molecule has 1 aliphatic rings. The van der Waals surface area contributed by atoms with Gasteiger partial charge in [0, 0.05) is 52.4 Å². The fourth-order valence-electron chi connectivity index (χ4n) is 5.14. The van der Waals surface area contributed by atoms with Crippen LogP contribution in [0, 0.1) is 0 Å². The molecule has 1 heterocycles. The molecule has 270 valence electrons. The zero-order valence-corrected chi connectivity index (χ0v) is 28.0. The van der Waals surface area contributed by atoms with E-state index < -0.39 is 54.1 Å². The van der Waals surface area contributed by atoms with Crippen LogP contribution in [-0.4, -0.2) is 190 Å². The summed E-state index contributed by atoms with van der Waals surface area (Å²) < 4.78 is 0.481. The molecule has 1 rings (SSSR count). The lowest BCUT2D eigenvalue weighted by Crippen LogP contribution is -2.69. The van der Waals surface area contributed by atoms with E-state index in [-0.39, 0.29) is 32.5 Å². The normalized spacial score (nSPS) is 17.8. The Kier molecular flexibility index (Phi) is 20.4. The van der Waals surface area contributed by atoms with Gasteiger partial charge in [-0.15, -0.1) is 0 Å². The molecule has 18 heteroatoms. The van der Waals surface area contributed by atoms with Crippen molar-refractivity contribution < 1.29 is 48.6 Å². The molecule has 1 saturated heterocycles. The van der Waals surface area contributed by atoms with E-state index in [9.17, 15) is 39.0 Å². The second-order valence-corrected chi connectivity index (χ2v) is 12.0. The highest BCUT2D eigenvalue weighted by Crippen LogP contribution is 2.19. The number of carboxylic acid groups (broad SMARTS) is 1. The number of nitrogens with zero attached hydrogens (tertiary/aromatic N) is 3. The highest BCUT2D eigenvalue weighted by atomic mass is 16.4. The number of amides is 5. The van der Waals surface area contributed by atoms with Crippen LogP contribution < -0.4 is 31.9 Å². The number of nitrogens with one attached hydrogen (secondary N) is 6. The Hall–Kier alpha value is -3.42. The average Bonchev–Trinajstić information content (AvgIpc) is 2.94. The van der Waals surface area contributed by atoms with Crippen LogP contribution in [0.1, 0.15) is 26.2 Å². The van der Waals surface area contributed by atoms with Crippen LogP contribution in [0.25, 0.3) is 0 Å². The Morgan fingerprint density at radius 3 is 1.57 bits per heavy atom. The van der Waals surface area contributed by atoms with E-state index >= 15 is 0 Å². The summed E-state index contributed by atoms with van der Waals surface area (Å²) in [5, 5.41) is 44.8. The summed E-state index contributed by atoms with van der Waals surface area (Å²) in [6, 6.07) is 0. The topological polar surface area (TPSA) is 242 Å². The Balaban J connectivity index is 2.21. The number of carbonyl (C=O) groups excluding carboxylic acids is 5. The van der Waals surface area contributed by atoms with Crippen molar-refractivity contribution in [3.05, 3.63) is 0 Å². The molecule has 0 radical (unpaired) electrons. The Bertz CT molecular complexity index is 1010. The average molecular weight is 675 g/mol. The molecule has 0 aromatic heterocycles. The smallest absolute Gasteiger partial charge is 0.312 e. The van der Waals surface area contributed by atoms with Crippen LogP contribution in [-0.2, 0) is 28.8 Å². The van der Waals surface area contributed by atoms with E-state index in [4.69, 9.17) is 5.11 Å². The first-order valence-electron chi connectivity index (χ1n) is 16.1. The van der Waals surface area contributed by atoms with Crippen molar-refractivity contribution in [2.24, 2.45) is 0 Å². The highest BCUT2D eigenvalue weighted by Gasteiger charge is 2.42. The van der Waals surface area contributed by atoms with Crippen LogP contribution in [0.15, 0.2) is 0 Å². The number of aliphatic carboxylic acids is 1. The molecule has 0 aliphatic carbocycles. The third-order valence-corrected chi connectivity index (χ3v) is 7.46. The van der Waals surface area contributed by atoms with Crippen LogP contribution in [0.4, 0.5) is 0 Å². The van der Waals surface area contributed by atoms with Crippen molar-refractivity contribution >= 4 is 35.5 Å². The minimum absolute atomic E-state index is 0.243. The lowest BCUT2D eigenvalue weighted by molar-refractivity contribution is -0.970. The number of carbonyl (C=O) groups is 6. The summed E-state index contributed by atoms with van der Waals surface area (Å²) in [6.45, 7) is 8.47. The molecule has 1 unspecified atom stereocenters. The molecule has 0 aromatic rings. The van der Waals surface area contributed by atoms with Crippen molar-refractivity contribution in [2.45, 2.75) is 38.4 Å². The second-order valence-electron chi connectivity index (χ2n) is 12.0. The number of quaternary nitrogens is 1. The van der Waals surface area contributed by atoms with Gasteiger partial charge in [-0.3, -0.25) is 33.7 Å². The SMILES string of the molecule is CCN(CCNC(=O)CC(=O)NCC[N+]1(CCNC(=O)CC(=O)NCCNCCNC(=O)CC(=O)O)CC(O)C1)CC(O)CN(C)C. The Morgan fingerprint density at radius 1 is 0.702 bits per heavy atom. The number of rotatable bonds is 26. The Morgan fingerprint density at radius 2 is 1.15 bits per heavy atom. The predicted molar refractivity (Wildman–Crippen MR) is 172 cm³/mol. The number of hydrogen-bond donors (Lipinski definition) is 9. The minimum atomic E-state index is -1.21. The number of likely N-dealkylation sites (N-methyl/N-ethyl adjacent to an activating group) is 2. The number of hydrogen-bond acceptors (Lipinski definition) is 11. The molecule has 0 spiro atoms. The molecule has 0 saturated carbocycles. The van der Waals surface area contributed by atoms with Crippen LogP contribution >= 0.6 is 0 Å². The number of aliphatic hydroxyl groups is 2. The lowest BCUT2D eigenvalue weighted by Gasteiger charge is -2.48. The van der Waals surface area contributed by atoms with Gasteiger partial charge in [-0.1, -0.05) is 6.92 Å². The fourth-order valence-corrected chi connectivity index (χ4v) is 5.14. The van der Waals surface area contributed by atoms with Gasteiger partial charge < -0.3 is 56.6 Å². The fraction of sp³-hybridized carbons (Fsp3) is 0.793. The van der Waals surface area contributed by atoms with E-state index in [1.807, 2.05) is 30.8 Å². The third kappa shape index (κ3) is 20.4. The van der Waals surface area contributed by atoms with E-state index in [1.165, 1.54) is 0 Å². The van der Waals surface area contributed by atoms with Crippen LogP contribution in [0.2, 0.25) is 0 Å².